The second-order valence-corrected chi connectivity index (χ2v) is 45.0. The molecule has 10 rings (SSSR count). The molecule has 0 fully saturated rings. The summed E-state index contributed by atoms with van der Waals surface area (Å²) in [6, 6.07) is 52.6. The average molecular weight is 1780 g/mol. The molecule has 9 N–H and O–H groups in total. The van der Waals surface area contributed by atoms with Crippen LogP contribution in [0.25, 0.3) is 44.1 Å². The van der Waals surface area contributed by atoms with E-state index in [2.05, 4.69) is 98.6 Å². The second kappa shape index (κ2) is 45.0. The van der Waals surface area contributed by atoms with Gasteiger partial charge in [-0.15, -0.1) is 0 Å². The third-order valence-electron chi connectivity index (χ3n) is 23.3. The molecular formula is C90H121FN12O17P2Si2. The first-order valence-electron chi connectivity index (χ1n) is 41.5. The van der Waals surface area contributed by atoms with Crippen LogP contribution < -0.4 is 32.3 Å². The van der Waals surface area contributed by atoms with E-state index in [-0.39, 0.29) is 98.8 Å². The molecule has 2 aromatic heterocycles. The normalized spacial score (nSPS) is 13.5. The Morgan fingerprint density at radius 2 is 0.815 bits per heavy atom. The Bertz CT molecular complexity index is 5090. The number of nitrogens with two attached hydrogens (primary N) is 1. The van der Waals surface area contributed by atoms with E-state index < -0.39 is 96.1 Å². The summed E-state index contributed by atoms with van der Waals surface area (Å²) in [4.78, 5) is 124. The Kier molecular flexibility index (Phi) is 35.9. The summed E-state index contributed by atoms with van der Waals surface area (Å²) >= 11 is 0. The van der Waals surface area contributed by atoms with Crippen LogP contribution in [0.3, 0.4) is 0 Å². The van der Waals surface area contributed by atoms with E-state index in [1.807, 2.05) is 182 Å². The topological polar surface area (TPSA) is 366 Å². The van der Waals surface area contributed by atoms with E-state index in [0.29, 0.717) is 39.3 Å². The van der Waals surface area contributed by atoms with Gasteiger partial charge in [0.15, 0.2) is 16.6 Å². The summed E-state index contributed by atoms with van der Waals surface area (Å²) in [5, 5.41) is 39.3. The van der Waals surface area contributed by atoms with Crippen molar-refractivity contribution in [1.82, 2.24) is 55.8 Å². The minimum absolute atomic E-state index is 0.000912. The van der Waals surface area contributed by atoms with Gasteiger partial charge in [0.2, 0.25) is 29.5 Å². The second-order valence-electron chi connectivity index (χ2n) is 33.9. The summed E-state index contributed by atoms with van der Waals surface area (Å²) in [5.74, 6) is -6.31. The molecule has 0 saturated carbocycles. The number of benzene rings is 6. The fraction of sp³-hybridized carbons (Fsp3) is 0.444. The van der Waals surface area contributed by atoms with Crippen molar-refractivity contribution in [3.8, 4) is 22.3 Å². The first kappa shape index (κ1) is 99.0. The number of halogens is 1. The molecule has 0 bridgehead atoms. The molecule has 34 heteroatoms. The molecule has 0 saturated heterocycles. The number of carbonyl (C=O) groups excluding carboxylic acids is 8. The number of rotatable bonds is 37. The Balaban J connectivity index is 0.000000254. The number of aryl methyl sites for hydroxylation is 2. The number of amides is 7. The monoisotopic (exact) mass is 1780 g/mol. The number of hydrazine groups is 2. The Labute approximate surface area is 730 Å². The van der Waals surface area contributed by atoms with E-state index in [1.165, 1.54) is 21.1 Å². The molecule has 1 unspecified atom stereocenters. The standard InChI is InChI=1S/C45H60N6O8Si.C29H28FN3O4P2.C16H33N3O5Si/c1-30(41(43(56)47-23-21-40(53)54)59-60(7,8)45(2,3)4)42(55)48-25-24-46-39(52)22-26-51-32(27-31-15-9-14-20-38(31)51)28-49(5)50(6)44(57)58-29-37-35-18-12-10-16-33(35)34-17-11-13-19-36(34)37;1-31(18-21-17-20-9-3-8-14-27(20)33(21)16-15-28(34)37-39(30)38)32(2)29(35)36-19-26-24-12-6-4-10-22(24)23-11-5-7-13-25(23)26;1-11(14(22)19-10-8-17)13(15(23)18-9-7-12(20)21)24-25(5,6)16(2,3)4/h9-20,27,30,37,41H,21-26,28-29H2,1-8H3,(H,46,52)(H,47,56)(H,48,55)(H,53,54);3-14,17,26H,15-16,18-19H2,1-2H3;11,13H,7-10,17H2,1-6H3,(H,18,23)(H,19,22)(H,20,21)/t30-,41+;;11-,13+/m1.1/s1. The molecule has 2 aliphatic carbocycles. The number of carboxylic acid groups (broad SMARTS) is 2. The van der Waals surface area contributed by atoms with Gasteiger partial charge in [-0.25, -0.2) is 14.8 Å². The third kappa shape index (κ3) is 26.6. The molecule has 0 radical (unpaired) electrons. The summed E-state index contributed by atoms with van der Waals surface area (Å²) in [5.41, 5.74) is 18.4. The molecule has 7 amide bonds. The molecule has 124 heavy (non-hydrogen) atoms. The molecule has 29 nitrogen and oxygen atoms in total. The van der Waals surface area contributed by atoms with Gasteiger partial charge in [0.05, 0.1) is 31.2 Å². The minimum Gasteiger partial charge on any atom is -0.481 e. The van der Waals surface area contributed by atoms with Crippen LogP contribution >= 0.6 is 15.9 Å². The van der Waals surface area contributed by atoms with Crippen molar-refractivity contribution in [2.24, 2.45) is 17.6 Å². The molecule has 6 aromatic carbocycles. The average Bonchev–Trinajstić information content (AvgIpc) is 1.61. The predicted molar refractivity (Wildman–Crippen MR) is 484 cm³/mol. The predicted octanol–water partition coefficient (Wildman–Crippen LogP) is 14.2. The quantitative estimate of drug-likeness (QED) is 0.00776. The maximum atomic E-state index is 13.4. The van der Waals surface area contributed by atoms with Crippen molar-refractivity contribution < 1.29 is 85.2 Å². The molecule has 0 spiro atoms. The summed E-state index contributed by atoms with van der Waals surface area (Å²) in [6.07, 6.45) is -3.30. The molecular weight excluding hydrogens is 1660 g/mol. The number of nitrogens with zero attached hydrogens (tertiary/aromatic N) is 6. The zero-order valence-corrected chi connectivity index (χ0v) is 77.6. The number of fused-ring (bicyclic) bond motifs is 8. The van der Waals surface area contributed by atoms with Crippen molar-refractivity contribution in [1.29, 1.82) is 0 Å². The first-order valence-corrected chi connectivity index (χ1v) is 49.6. The minimum atomic E-state index is -2.55. The van der Waals surface area contributed by atoms with Gasteiger partial charge >= 0.3 is 164 Å². The molecule has 8 aromatic rings. The van der Waals surface area contributed by atoms with E-state index in [4.69, 9.17) is 34.3 Å². The smallest absolute Gasteiger partial charge is 0.481 e. The molecule has 2 aliphatic rings. The van der Waals surface area contributed by atoms with Gasteiger partial charge in [-0.3, -0.25) is 33.6 Å². The van der Waals surface area contributed by atoms with Gasteiger partial charge in [-0.05, 0) is 98.3 Å². The maximum absolute atomic E-state index is 13.4. The van der Waals surface area contributed by atoms with E-state index in [1.54, 1.807) is 45.0 Å². The number of hydrogen-bond acceptors (Lipinski definition) is 18. The van der Waals surface area contributed by atoms with Gasteiger partial charge in [0.1, 0.15) is 25.4 Å². The number of ether oxygens (including phenoxy) is 2. The van der Waals surface area contributed by atoms with Crippen LogP contribution in [-0.2, 0) is 87.4 Å². The van der Waals surface area contributed by atoms with Crippen molar-refractivity contribution in [2.75, 3.05) is 80.7 Å². The van der Waals surface area contributed by atoms with E-state index in [0.717, 1.165) is 66.6 Å². The fourth-order valence-electron chi connectivity index (χ4n) is 14.0. The molecule has 5 atom stereocenters. The Morgan fingerprint density at radius 3 is 1.17 bits per heavy atom. The number of carbonyl (C=O) groups is 10. The van der Waals surface area contributed by atoms with Gasteiger partial charge in [-0.2, -0.15) is 0 Å². The first-order chi connectivity index (χ1) is 58.5. The number of carboxylic acids is 2. The fourth-order valence-corrected chi connectivity index (χ4v) is 17.1. The van der Waals surface area contributed by atoms with Crippen LogP contribution in [0.15, 0.2) is 158 Å². The van der Waals surface area contributed by atoms with Crippen LogP contribution in [0, 0.1) is 11.8 Å². The van der Waals surface area contributed by atoms with Crippen LogP contribution in [0.4, 0.5) is 13.8 Å². The zero-order valence-electron chi connectivity index (χ0n) is 73.8. The van der Waals surface area contributed by atoms with Gasteiger partial charge in [0, 0.05) is 89.4 Å². The summed E-state index contributed by atoms with van der Waals surface area (Å²) in [6.45, 7) is 26.1. The number of hydrogen-bond donors (Lipinski definition) is 8. The number of aliphatic carboxylic acids is 2. The number of para-hydroxylation sites is 2. The van der Waals surface area contributed by atoms with Gasteiger partial charge < -0.3 is 60.7 Å². The van der Waals surface area contributed by atoms with E-state index in [9.17, 15) is 52.1 Å². The summed E-state index contributed by atoms with van der Waals surface area (Å²) < 4.78 is 45.9. The van der Waals surface area contributed by atoms with E-state index >= 15 is 0 Å². The van der Waals surface area contributed by atoms with Crippen molar-refractivity contribution in [3.05, 3.63) is 191 Å². The van der Waals surface area contributed by atoms with Crippen molar-refractivity contribution in [2.45, 2.75) is 168 Å². The molecule has 0 aliphatic heterocycles. The Morgan fingerprint density at radius 1 is 0.484 bits per heavy atom. The van der Waals surface area contributed by atoms with Crippen molar-refractivity contribution >= 4 is 114 Å². The molecule has 2 heterocycles. The molecule has 668 valence electrons. The van der Waals surface area contributed by atoms with Crippen LogP contribution in [0.1, 0.15) is 127 Å². The SMILES string of the molecule is CN(Cc1cc2ccccc2n1CCC(=O)OP(F)#P)N(C)C(=O)OCC1c2ccccc2-c2ccccc21.C[C@@H](C(=O)NCCN)[C@H](O[Si](C)(C)C(C)(C)C)C(=O)NCCC(=O)O.C[C@@H](C(=O)NCCNC(=O)CCn1c(CN(C)N(C)C(=O)OCC2c3ccccc3-c3ccccc32)cc2ccccc21)[C@H](O[Si](C)(C)C(C)(C)C)C(=O)NCCC(=O)O. The van der Waals surface area contributed by atoms with Crippen molar-refractivity contribution in [3.63, 3.8) is 0 Å². The van der Waals surface area contributed by atoms with Crippen LogP contribution in [0.2, 0.25) is 36.3 Å². The van der Waals surface area contributed by atoms with Crippen LogP contribution in [-0.4, -0.2) is 209 Å². The van der Waals surface area contributed by atoms with Gasteiger partial charge in [-0.1, -0.05) is 171 Å². The summed E-state index contributed by atoms with van der Waals surface area (Å²) in [7, 11) is 3.14. The van der Waals surface area contributed by atoms with Gasteiger partial charge in [0.25, 0.3) is 0 Å². The number of nitrogens with one attached hydrogen (secondary N) is 5. The van der Waals surface area contributed by atoms with Crippen LogP contribution in [0.5, 0.6) is 0 Å². The number of aromatic nitrogens is 2. The Hall–Kier alpha value is -10.4. The zero-order chi connectivity index (χ0) is 91.1. The third-order valence-corrected chi connectivity index (χ3v) is 32.8.